The lowest BCUT2D eigenvalue weighted by atomic mass is 9.45. The normalized spacial score (nSPS) is 34.8. The molecule has 1 spiro atoms. The van der Waals surface area contributed by atoms with Crippen LogP contribution in [0.2, 0.25) is 0 Å². The van der Waals surface area contributed by atoms with Gasteiger partial charge in [-0.25, -0.2) is 0 Å². The number of ether oxygens (including phenoxy) is 2. The van der Waals surface area contributed by atoms with Crippen molar-refractivity contribution in [2.45, 2.75) is 121 Å². The predicted octanol–water partition coefficient (Wildman–Crippen LogP) is 6.48. The fourth-order valence-corrected chi connectivity index (χ4v) is 12.7. The number of allylic oxidation sites excluding steroid dienone is 9. The number of fused-ring (bicyclic) bond motifs is 5. The quantitative estimate of drug-likeness (QED) is 0.0286. The van der Waals surface area contributed by atoms with Gasteiger partial charge in [0.15, 0.2) is 0 Å². The third kappa shape index (κ3) is 10.7. The lowest BCUT2D eigenvalue weighted by Crippen LogP contribution is -2.65. The summed E-state index contributed by atoms with van der Waals surface area (Å²) in [5.74, 6) is -0.463. The average molecular weight is 871 g/mol. The number of hydrogen-bond acceptors (Lipinski definition) is 10. The number of aldehydes is 1. The van der Waals surface area contributed by atoms with E-state index in [0.29, 0.717) is 63.2 Å². The van der Waals surface area contributed by atoms with Crippen molar-refractivity contribution < 1.29 is 39.8 Å². The second-order valence-corrected chi connectivity index (χ2v) is 19.6. The molecule has 10 heteroatoms. The zero-order valence-electron chi connectivity index (χ0n) is 38.6. The Labute approximate surface area is 377 Å². The molecule has 0 amide bonds. The van der Waals surface area contributed by atoms with E-state index < -0.39 is 23.3 Å². The van der Waals surface area contributed by atoms with Crippen LogP contribution in [0.25, 0.3) is 0 Å². The van der Waals surface area contributed by atoms with Gasteiger partial charge in [0.2, 0.25) is 0 Å². The minimum Gasteiger partial charge on any atom is -0.396 e. The molecule has 348 valence electrons. The van der Waals surface area contributed by atoms with E-state index in [1.54, 1.807) is 7.11 Å². The van der Waals surface area contributed by atoms with Crippen molar-refractivity contribution in [2.75, 3.05) is 53.7 Å². The molecule has 0 aromatic heterocycles. The fraction of sp³-hybridized carbons (Fsp3) is 0.642. The number of rotatable bonds is 18. The molecular formula is C53H78N2O8. The van der Waals surface area contributed by atoms with Gasteiger partial charge in [-0.1, -0.05) is 91.3 Å². The van der Waals surface area contributed by atoms with E-state index in [-0.39, 0.29) is 61.6 Å². The Morgan fingerprint density at radius 1 is 1.06 bits per heavy atom. The molecule has 4 bridgehead atoms. The minimum absolute atomic E-state index is 0.0434. The van der Waals surface area contributed by atoms with E-state index in [9.17, 15) is 30.3 Å². The third-order valence-corrected chi connectivity index (χ3v) is 16.0. The number of carbonyl (C=O) groups is 1. The summed E-state index contributed by atoms with van der Waals surface area (Å²) in [4.78, 5) is 12.4. The van der Waals surface area contributed by atoms with Gasteiger partial charge in [-0.05, 0) is 150 Å². The maximum absolute atomic E-state index is 13.0. The molecule has 10 nitrogen and oxygen atoms in total. The van der Waals surface area contributed by atoms with E-state index in [0.717, 1.165) is 60.7 Å². The lowest BCUT2D eigenvalue weighted by Gasteiger charge is -2.61. The first-order valence-electron chi connectivity index (χ1n) is 23.8. The Morgan fingerprint density at radius 3 is 2.56 bits per heavy atom. The van der Waals surface area contributed by atoms with Gasteiger partial charge < -0.3 is 40.3 Å². The zero-order valence-corrected chi connectivity index (χ0v) is 38.6. The summed E-state index contributed by atoms with van der Waals surface area (Å²) in [6, 6.07) is 8.90. The van der Waals surface area contributed by atoms with Crippen LogP contribution >= 0.6 is 0 Å². The molecule has 3 fully saturated rings. The summed E-state index contributed by atoms with van der Waals surface area (Å²) >= 11 is 0. The van der Waals surface area contributed by atoms with Gasteiger partial charge in [-0.15, -0.1) is 0 Å². The number of aliphatic hydroxyl groups excluding tert-OH is 4. The highest BCUT2D eigenvalue weighted by molar-refractivity contribution is 5.74. The van der Waals surface area contributed by atoms with Gasteiger partial charge in [0, 0.05) is 43.1 Å². The average Bonchev–Trinajstić information content (AvgIpc) is 3.95. The van der Waals surface area contributed by atoms with Gasteiger partial charge in [-0.3, -0.25) is 10.1 Å². The van der Waals surface area contributed by atoms with Gasteiger partial charge >= 0.3 is 0 Å². The number of aliphatic hydroxyl groups is 5. The van der Waals surface area contributed by atoms with Crippen LogP contribution in [0.1, 0.15) is 95.6 Å². The van der Waals surface area contributed by atoms with Crippen LogP contribution in [0, 0.1) is 40.9 Å². The second-order valence-electron chi connectivity index (χ2n) is 19.6. The standard InChI is InChI=1S/C53H78N2O8/c1-36(42-17-16-37(2)50(60)55-51(24-28-62-5,45-14-6-7-15-45)32-40-12-9-11-39(30-40)31-42)10-8-13-44(35-63-29-27-57)46-20-22-53(49(46)59)48-41(21-26-56)18-19-43(47(48)38(3)34-58)33-52(53,61)23-25-54-4/h8-13,16,18-19,30,34,41-43,45-46,48-50,54-57,59-61H,1,6-7,14-15,17,20-29,31-33,35H2,2-5H3. The van der Waals surface area contributed by atoms with E-state index in [1.807, 2.05) is 39.1 Å². The lowest BCUT2D eigenvalue weighted by molar-refractivity contribution is -0.194. The summed E-state index contributed by atoms with van der Waals surface area (Å²) in [5, 5.41) is 64.5. The highest BCUT2D eigenvalue weighted by Gasteiger charge is 2.68. The molecule has 0 radical (unpaired) electrons. The smallest absolute Gasteiger partial charge is 0.145 e. The fourth-order valence-electron chi connectivity index (χ4n) is 12.7. The number of methoxy groups -OCH3 is 1. The van der Waals surface area contributed by atoms with Crippen molar-refractivity contribution in [3.05, 3.63) is 106 Å². The summed E-state index contributed by atoms with van der Waals surface area (Å²) in [7, 11) is 3.62. The Hall–Kier alpha value is -3.03. The number of hydrogen-bond donors (Lipinski definition) is 7. The van der Waals surface area contributed by atoms with Crippen LogP contribution in [0.5, 0.6) is 0 Å². The van der Waals surface area contributed by atoms with Gasteiger partial charge in [-0.2, -0.15) is 0 Å². The Balaban J connectivity index is 1.31. The van der Waals surface area contributed by atoms with Gasteiger partial charge in [0.25, 0.3) is 0 Å². The van der Waals surface area contributed by atoms with Crippen LogP contribution in [-0.2, 0) is 27.1 Å². The monoisotopic (exact) mass is 871 g/mol. The van der Waals surface area contributed by atoms with Crippen molar-refractivity contribution in [1.29, 1.82) is 0 Å². The maximum atomic E-state index is 13.0. The minimum atomic E-state index is -1.24. The van der Waals surface area contributed by atoms with Crippen molar-refractivity contribution in [1.82, 2.24) is 10.6 Å². The molecule has 1 aromatic carbocycles. The molecule has 5 aliphatic rings. The molecule has 0 saturated heterocycles. The molecule has 10 unspecified atom stereocenters. The molecule has 3 saturated carbocycles. The van der Waals surface area contributed by atoms with E-state index in [2.05, 4.69) is 59.7 Å². The van der Waals surface area contributed by atoms with Crippen molar-refractivity contribution in [3.63, 3.8) is 0 Å². The van der Waals surface area contributed by atoms with Gasteiger partial charge in [0.1, 0.15) is 12.5 Å². The van der Waals surface area contributed by atoms with E-state index in [4.69, 9.17) is 9.47 Å². The number of nitrogens with one attached hydrogen (secondary N) is 2. The van der Waals surface area contributed by atoms with Crippen LogP contribution < -0.4 is 10.6 Å². The number of benzene rings is 1. The number of carbonyl (C=O) groups excluding carboxylic acids is 1. The first-order valence-corrected chi connectivity index (χ1v) is 23.8. The van der Waals surface area contributed by atoms with Crippen LogP contribution in [0.3, 0.4) is 0 Å². The molecule has 6 rings (SSSR count). The van der Waals surface area contributed by atoms with Crippen LogP contribution in [0.15, 0.2) is 95.2 Å². The largest absolute Gasteiger partial charge is 0.396 e. The Morgan fingerprint density at radius 2 is 1.84 bits per heavy atom. The van der Waals surface area contributed by atoms with E-state index in [1.165, 1.54) is 24.0 Å². The molecule has 63 heavy (non-hydrogen) atoms. The molecule has 1 aliphatic heterocycles. The molecule has 4 aliphatic carbocycles. The SMILES string of the molecule is C=C(C=CC=C(COCCO)C1CCC2(C1O)C1C(=C(C)C=O)C(C=CC1CCO)CC2(O)CCNC)C1CC=C(C)C(O)NC(CCOC)(C2CCCC2)Cc2cccc(c2)C1. The summed E-state index contributed by atoms with van der Waals surface area (Å²) < 4.78 is 11.6. The molecule has 10 atom stereocenters. The molecule has 1 heterocycles. The van der Waals surface area contributed by atoms with Crippen molar-refractivity contribution in [3.8, 4) is 0 Å². The third-order valence-electron chi connectivity index (χ3n) is 16.0. The van der Waals surface area contributed by atoms with Crippen LogP contribution in [-0.4, -0.2) is 109 Å². The maximum Gasteiger partial charge on any atom is 0.145 e. The topological polar surface area (TPSA) is 161 Å². The Bertz CT molecular complexity index is 1860. The van der Waals surface area contributed by atoms with Crippen molar-refractivity contribution in [2.24, 2.45) is 40.9 Å². The summed E-state index contributed by atoms with van der Waals surface area (Å²) in [6.07, 6.45) is 21.9. The van der Waals surface area contributed by atoms with Crippen molar-refractivity contribution >= 4 is 6.29 Å². The summed E-state index contributed by atoms with van der Waals surface area (Å²) in [6.45, 7) is 9.79. The summed E-state index contributed by atoms with van der Waals surface area (Å²) in [5.41, 5.74) is 4.32. The van der Waals surface area contributed by atoms with Crippen LogP contribution in [0.4, 0.5) is 0 Å². The molecule has 7 N–H and O–H groups in total. The first-order chi connectivity index (χ1) is 30.4. The predicted molar refractivity (Wildman–Crippen MR) is 250 cm³/mol. The highest BCUT2D eigenvalue weighted by Crippen LogP contribution is 2.67. The first kappa shape index (κ1) is 49.4. The Kier molecular flexibility index (Phi) is 17.6. The van der Waals surface area contributed by atoms with Gasteiger partial charge in [0.05, 0.1) is 31.5 Å². The second kappa shape index (κ2) is 22.4. The molecule has 1 aromatic rings. The highest BCUT2D eigenvalue weighted by atomic mass is 16.5. The van der Waals surface area contributed by atoms with E-state index >= 15 is 0 Å². The zero-order chi connectivity index (χ0) is 45.2. The molecular weight excluding hydrogens is 793 g/mol.